The first kappa shape index (κ1) is 26.8. The van der Waals surface area contributed by atoms with Crippen molar-refractivity contribution in [1.82, 2.24) is 24.8 Å². The van der Waals surface area contributed by atoms with Crippen LogP contribution in [0, 0.1) is 0 Å². The molecule has 1 amide bonds. The van der Waals surface area contributed by atoms with Crippen molar-refractivity contribution in [1.29, 1.82) is 0 Å². The zero-order chi connectivity index (χ0) is 28.4. The number of aromatic nitrogens is 4. The van der Waals surface area contributed by atoms with Gasteiger partial charge < -0.3 is 15.0 Å². The summed E-state index contributed by atoms with van der Waals surface area (Å²) < 4.78 is 46.4. The summed E-state index contributed by atoms with van der Waals surface area (Å²) in [7, 11) is 0. The smallest absolute Gasteiger partial charge is 0.416 e. The van der Waals surface area contributed by atoms with Crippen molar-refractivity contribution in [3.05, 3.63) is 83.8 Å². The Bertz CT molecular complexity index is 1520. The summed E-state index contributed by atoms with van der Waals surface area (Å²) >= 11 is 0. The molecule has 2 aromatic carbocycles. The van der Waals surface area contributed by atoms with Gasteiger partial charge >= 0.3 is 12.3 Å². The Morgan fingerprint density at radius 2 is 1.85 bits per heavy atom. The van der Waals surface area contributed by atoms with Crippen LogP contribution in [0.15, 0.2) is 66.9 Å². The summed E-state index contributed by atoms with van der Waals surface area (Å²) in [5, 5.41) is 3.26. The summed E-state index contributed by atoms with van der Waals surface area (Å²) in [6.07, 6.45) is 1.02. The van der Waals surface area contributed by atoms with Crippen LogP contribution in [0.1, 0.15) is 55.1 Å². The molecule has 2 aromatic heterocycles. The lowest BCUT2D eigenvalue weighted by Gasteiger charge is -2.33. The summed E-state index contributed by atoms with van der Waals surface area (Å²) in [6.45, 7) is 0.621. The number of halogens is 3. The molecular weight excluding hydrogens is 533 g/mol. The average molecular weight is 563 g/mol. The second-order valence-electron chi connectivity index (χ2n) is 10.4. The predicted octanol–water partition coefficient (Wildman–Crippen LogP) is 6.99. The number of carbonyl (C=O) groups excluding carboxylic acids is 1. The maximum atomic E-state index is 13.6. The van der Waals surface area contributed by atoms with Gasteiger partial charge in [-0.05, 0) is 55.9 Å². The monoisotopic (exact) mass is 562 g/mol. The minimum Gasteiger partial charge on any atom is -0.445 e. The number of likely N-dealkylation sites (tertiary alicyclic amines) is 1. The van der Waals surface area contributed by atoms with E-state index in [1.165, 1.54) is 6.07 Å². The molecule has 0 bridgehead atoms. The number of ether oxygens (including phenoxy) is 1. The molecule has 212 valence electrons. The molecule has 6 rings (SSSR count). The zero-order valence-corrected chi connectivity index (χ0v) is 22.2. The van der Waals surface area contributed by atoms with Gasteiger partial charge in [-0.2, -0.15) is 13.2 Å². The molecule has 2 aliphatic rings. The fourth-order valence-corrected chi connectivity index (χ4v) is 5.00. The number of benzene rings is 2. The van der Waals surface area contributed by atoms with E-state index in [-0.39, 0.29) is 6.61 Å². The number of imidazole rings is 1. The molecule has 4 aromatic rings. The van der Waals surface area contributed by atoms with E-state index in [9.17, 15) is 18.0 Å². The van der Waals surface area contributed by atoms with Crippen LogP contribution in [0.5, 0.6) is 0 Å². The zero-order valence-electron chi connectivity index (χ0n) is 22.2. The Morgan fingerprint density at radius 1 is 1.02 bits per heavy atom. The fourth-order valence-electron chi connectivity index (χ4n) is 5.00. The van der Waals surface area contributed by atoms with E-state index in [0.29, 0.717) is 53.4 Å². The highest BCUT2D eigenvalue weighted by Crippen LogP contribution is 2.38. The van der Waals surface area contributed by atoms with Crippen molar-refractivity contribution >= 4 is 12.0 Å². The molecule has 1 saturated heterocycles. The third kappa shape index (κ3) is 6.18. The lowest BCUT2D eigenvalue weighted by Crippen LogP contribution is -2.39. The molecule has 3 heterocycles. The Hall–Kier alpha value is -4.41. The minimum absolute atomic E-state index is 0.138. The molecule has 0 spiro atoms. The van der Waals surface area contributed by atoms with E-state index in [4.69, 9.17) is 9.72 Å². The number of rotatable bonds is 7. The van der Waals surface area contributed by atoms with Gasteiger partial charge in [-0.1, -0.05) is 42.5 Å². The van der Waals surface area contributed by atoms with Gasteiger partial charge in [0.15, 0.2) is 0 Å². The van der Waals surface area contributed by atoms with Crippen LogP contribution in [-0.4, -0.2) is 43.5 Å². The summed E-state index contributed by atoms with van der Waals surface area (Å²) in [4.78, 5) is 31.9. The van der Waals surface area contributed by atoms with Gasteiger partial charge in [0, 0.05) is 24.3 Å². The Balaban J connectivity index is 1.36. The van der Waals surface area contributed by atoms with Gasteiger partial charge in [-0.15, -0.1) is 0 Å². The largest absolute Gasteiger partial charge is 0.445 e. The van der Waals surface area contributed by atoms with Gasteiger partial charge in [-0.3, -0.25) is 4.90 Å². The standard InChI is InChI=1S/C30H29F3N6O2/c31-30(32,33)21-10-6-9-20(17-21)25-26(23-14-15-34-28(36-23)35-22-12-13-22)38-27(37-25)24-11-4-5-16-39(24)29(40)41-18-19-7-2-1-3-8-19/h1-3,6-10,14-15,17,22,24H,4-5,11-13,16,18H2,(H,37,38)(H,34,35,36). The second kappa shape index (κ2) is 11.2. The number of amides is 1. The van der Waals surface area contributed by atoms with Crippen molar-refractivity contribution in [3.8, 4) is 22.6 Å². The second-order valence-corrected chi connectivity index (χ2v) is 10.4. The molecule has 1 unspecified atom stereocenters. The third-order valence-corrected chi connectivity index (χ3v) is 7.27. The first-order valence-corrected chi connectivity index (χ1v) is 13.7. The number of H-pyrrole nitrogens is 1. The molecule has 41 heavy (non-hydrogen) atoms. The third-order valence-electron chi connectivity index (χ3n) is 7.27. The molecule has 8 nitrogen and oxygen atoms in total. The average Bonchev–Trinajstić information content (AvgIpc) is 3.69. The van der Waals surface area contributed by atoms with Gasteiger partial charge in [-0.25, -0.2) is 19.7 Å². The van der Waals surface area contributed by atoms with E-state index in [0.717, 1.165) is 43.4 Å². The lowest BCUT2D eigenvalue weighted by molar-refractivity contribution is -0.137. The normalized spacial score (nSPS) is 17.3. The number of nitrogens with one attached hydrogen (secondary N) is 2. The van der Waals surface area contributed by atoms with Crippen LogP contribution < -0.4 is 5.32 Å². The summed E-state index contributed by atoms with van der Waals surface area (Å²) in [5.74, 6) is 0.916. The molecule has 11 heteroatoms. The highest BCUT2D eigenvalue weighted by Gasteiger charge is 2.34. The van der Waals surface area contributed by atoms with E-state index in [1.807, 2.05) is 30.3 Å². The molecule has 2 N–H and O–H groups in total. The van der Waals surface area contributed by atoms with Crippen molar-refractivity contribution in [2.45, 2.75) is 57.0 Å². The number of hydrogen-bond donors (Lipinski definition) is 2. The van der Waals surface area contributed by atoms with Crippen molar-refractivity contribution in [2.75, 3.05) is 11.9 Å². The Labute approximate surface area is 235 Å². The Kier molecular flexibility index (Phi) is 7.34. The molecule has 1 aliphatic heterocycles. The van der Waals surface area contributed by atoms with Crippen LogP contribution in [0.25, 0.3) is 22.6 Å². The van der Waals surface area contributed by atoms with Crippen LogP contribution in [0.3, 0.4) is 0 Å². The van der Waals surface area contributed by atoms with Crippen LogP contribution >= 0.6 is 0 Å². The molecular formula is C30H29F3N6O2. The number of anilines is 1. The van der Waals surface area contributed by atoms with E-state index in [2.05, 4.69) is 20.3 Å². The number of carbonyl (C=O) groups is 1. The maximum absolute atomic E-state index is 13.6. The van der Waals surface area contributed by atoms with E-state index in [1.54, 1.807) is 23.2 Å². The van der Waals surface area contributed by atoms with E-state index >= 15 is 0 Å². The van der Waals surface area contributed by atoms with Gasteiger partial charge in [0.05, 0.1) is 28.7 Å². The first-order chi connectivity index (χ1) is 19.8. The van der Waals surface area contributed by atoms with Gasteiger partial charge in [0.1, 0.15) is 12.4 Å². The minimum atomic E-state index is -4.51. The van der Waals surface area contributed by atoms with Crippen molar-refractivity contribution < 1.29 is 22.7 Å². The quantitative estimate of drug-likeness (QED) is 0.252. The highest BCUT2D eigenvalue weighted by atomic mass is 19.4. The van der Waals surface area contributed by atoms with E-state index < -0.39 is 23.9 Å². The summed E-state index contributed by atoms with van der Waals surface area (Å²) in [6, 6.07) is 16.1. The van der Waals surface area contributed by atoms with Crippen molar-refractivity contribution in [3.63, 3.8) is 0 Å². The number of nitrogens with zero attached hydrogens (tertiary/aromatic N) is 4. The predicted molar refractivity (Wildman–Crippen MR) is 147 cm³/mol. The molecule has 1 aliphatic carbocycles. The molecule has 2 fully saturated rings. The molecule has 1 saturated carbocycles. The number of piperidine rings is 1. The topological polar surface area (TPSA) is 96.0 Å². The number of alkyl halides is 3. The summed E-state index contributed by atoms with van der Waals surface area (Å²) in [5.41, 5.74) is 1.67. The molecule has 0 radical (unpaired) electrons. The molecule has 1 atom stereocenters. The maximum Gasteiger partial charge on any atom is 0.416 e. The van der Waals surface area contributed by atoms with Crippen LogP contribution in [0.4, 0.5) is 23.9 Å². The first-order valence-electron chi connectivity index (χ1n) is 13.7. The number of hydrogen-bond acceptors (Lipinski definition) is 6. The van der Waals surface area contributed by atoms with Gasteiger partial charge in [0.25, 0.3) is 0 Å². The van der Waals surface area contributed by atoms with Crippen LogP contribution in [0.2, 0.25) is 0 Å². The van der Waals surface area contributed by atoms with Gasteiger partial charge in [0.2, 0.25) is 5.95 Å². The Morgan fingerprint density at radius 3 is 2.63 bits per heavy atom. The fraction of sp³-hybridized carbons (Fsp3) is 0.333. The SMILES string of the molecule is O=C(OCc1ccccc1)N1CCCCC1c1nc(-c2cccc(C(F)(F)F)c2)c(-c2ccnc(NC3CC3)n2)[nH]1. The van der Waals surface area contributed by atoms with Crippen LogP contribution in [-0.2, 0) is 17.5 Å². The lowest BCUT2D eigenvalue weighted by atomic mass is 10.0. The highest BCUT2D eigenvalue weighted by molar-refractivity contribution is 5.78. The van der Waals surface area contributed by atoms with Crippen molar-refractivity contribution in [2.24, 2.45) is 0 Å². The number of aromatic amines is 1.